The van der Waals surface area contributed by atoms with E-state index in [1.165, 1.54) is 0 Å². The lowest BCUT2D eigenvalue weighted by Gasteiger charge is -2.36. The first-order valence-corrected chi connectivity index (χ1v) is 10.9. The lowest BCUT2D eigenvalue weighted by atomic mass is 9.99. The molecule has 2 heterocycles. The average molecular weight is 367 g/mol. The quantitative estimate of drug-likeness (QED) is 0.840. The first-order chi connectivity index (χ1) is 12.1. The molecule has 1 aromatic rings. The van der Waals surface area contributed by atoms with Crippen LogP contribution in [-0.2, 0) is 21.2 Å². The van der Waals surface area contributed by atoms with Crippen LogP contribution in [0.2, 0.25) is 0 Å². The molecule has 3 rings (SSSR count). The van der Waals surface area contributed by atoms with Crippen molar-refractivity contribution in [3.63, 3.8) is 0 Å². The minimum Gasteiger partial charge on any atom is -0.381 e. The Morgan fingerprint density at radius 2 is 1.88 bits per heavy atom. The molecule has 1 unspecified atom stereocenters. The average Bonchev–Trinajstić information content (AvgIpc) is 2.67. The zero-order chi connectivity index (χ0) is 17.7. The van der Waals surface area contributed by atoms with Crippen molar-refractivity contribution in [2.24, 2.45) is 5.92 Å². The number of piperidine rings is 1. The van der Waals surface area contributed by atoms with E-state index >= 15 is 0 Å². The molecule has 0 radical (unpaired) electrons. The topological polar surface area (TPSA) is 58.6 Å². The maximum absolute atomic E-state index is 13.4. The number of rotatable bonds is 6. The van der Waals surface area contributed by atoms with E-state index in [2.05, 4.69) is 12.2 Å². The molecule has 1 atom stereocenters. The van der Waals surface area contributed by atoms with Crippen LogP contribution in [0.3, 0.4) is 0 Å². The highest BCUT2D eigenvalue weighted by atomic mass is 32.2. The van der Waals surface area contributed by atoms with Crippen molar-refractivity contribution in [2.45, 2.75) is 50.0 Å². The molecule has 2 aliphatic heterocycles. The van der Waals surface area contributed by atoms with Gasteiger partial charge in [0.1, 0.15) is 0 Å². The molecule has 0 spiro atoms. The van der Waals surface area contributed by atoms with Crippen molar-refractivity contribution in [1.82, 2.24) is 9.62 Å². The van der Waals surface area contributed by atoms with Crippen LogP contribution in [0.5, 0.6) is 0 Å². The van der Waals surface area contributed by atoms with Gasteiger partial charge >= 0.3 is 0 Å². The molecule has 25 heavy (non-hydrogen) atoms. The number of hydrogen-bond donors (Lipinski definition) is 1. The van der Waals surface area contributed by atoms with Crippen molar-refractivity contribution < 1.29 is 13.2 Å². The Bertz CT molecular complexity index is 633. The molecule has 2 saturated heterocycles. The molecule has 2 aliphatic rings. The van der Waals surface area contributed by atoms with Crippen LogP contribution < -0.4 is 5.32 Å². The maximum atomic E-state index is 13.4. The van der Waals surface area contributed by atoms with Crippen molar-refractivity contribution >= 4 is 10.0 Å². The fourth-order valence-electron chi connectivity index (χ4n) is 3.74. The van der Waals surface area contributed by atoms with E-state index in [-0.39, 0.29) is 6.04 Å². The fourth-order valence-corrected chi connectivity index (χ4v) is 5.47. The van der Waals surface area contributed by atoms with Crippen molar-refractivity contribution in [2.75, 3.05) is 32.8 Å². The van der Waals surface area contributed by atoms with Gasteiger partial charge in [-0.25, -0.2) is 8.42 Å². The number of hydrogen-bond acceptors (Lipinski definition) is 4. The van der Waals surface area contributed by atoms with Gasteiger partial charge in [-0.1, -0.05) is 19.1 Å². The highest BCUT2D eigenvalue weighted by Gasteiger charge is 2.34. The first kappa shape index (κ1) is 18.8. The van der Waals surface area contributed by atoms with Crippen LogP contribution >= 0.6 is 0 Å². The smallest absolute Gasteiger partial charge is 0.243 e. The van der Waals surface area contributed by atoms with E-state index < -0.39 is 10.0 Å². The van der Waals surface area contributed by atoms with E-state index in [9.17, 15) is 8.42 Å². The summed E-state index contributed by atoms with van der Waals surface area (Å²) in [5.74, 6) is 0.389. The number of nitrogens with zero attached hydrogens (tertiary/aromatic N) is 1. The fraction of sp³-hybridized carbons (Fsp3) is 0.684. The molecule has 5 nitrogen and oxygen atoms in total. The second kappa shape index (κ2) is 8.62. The predicted octanol–water partition coefficient (Wildman–Crippen LogP) is 2.42. The highest BCUT2D eigenvalue weighted by molar-refractivity contribution is 7.89. The van der Waals surface area contributed by atoms with Crippen LogP contribution in [0.1, 0.15) is 38.2 Å². The monoisotopic (exact) mass is 366 g/mol. The number of nitrogens with one attached hydrogen (secondary N) is 1. The third-order valence-corrected chi connectivity index (χ3v) is 7.33. The molecular weight excluding hydrogens is 336 g/mol. The number of sulfonamides is 1. The molecule has 6 heteroatoms. The summed E-state index contributed by atoms with van der Waals surface area (Å²) < 4.78 is 34.0. The normalized spacial score (nSPS) is 23.0. The number of aryl methyl sites for hydroxylation is 1. The third-order valence-electron chi connectivity index (χ3n) is 5.40. The van der Waals surface area contributed by atoms with Crippen LogP contribution in [0, 0.1) is 5.92 Å². The Kier molecular flexibility index (Phi) is 6.49. The van der Waals surface area contributed by atoms with E-state index in [1.807, 2.05) is 12.1 Å². The summed E-state index contributed by atoms with van der Waals surface area (Å²) in [6.45, 7) is 5.89. The molecule has 0 amide bonds. The highest BCUT2D eigenvalue weighted by Crippen LogP contribution is 2.26. The predicted molar refractivity (Wildman–Crippen MR) is 99.1 cm³/mol. The lowest BCUT2D eigenvalue weighted by molar-refractivity contribution is 0.0566. The zero-order valence-corrected chi connectivity index (χ0v) is 15.9. The molecule has 1 aromatic carbocycles. The van der Waals surface area contributed by atoms with E-state index in [4.69, 9.17) is 4.74 Å². The minimum absolute atomic E-state index is 0.0486. The van der Waals surface area contributed by atoms with Gasteiger partial charge in [-0.3, -0.25) is 0 Å². The Morgan fingerprint density at radius 3 is 2.48 bits per heavy atom. The number of benzene rings is 1. The van der Waals surface area contributed by atoms with Gasteiger partial charge in [0.15, 0.2) is 0 Å². The Labute approximate surface area is 151 Å². The second-order valence-electron chi connectivity index (χ2n) is 7.13. The van der Waals surface area contributed by atoms with Gasteiger partial charge < -0.3 is 10.1 Å². The molecule has 0 bridgehead atoms. The Morgan fingerprint density at radius 1 is 1.16 bits per heavy atom. The van der Waals surface area contributed by atoms with Gasteiger partial charge in [0, 0.05) is 32.3 Å². The summed E-state index contributed by atoms with van der Waals surface area (Å²) in [6.07, 6.45) is 4.77. The standard InChI is InChI=1S/C19H30N2O3S/c1-2-16-5-7-19(8-6-16)25(22,23)21(18-4-3-11-20-14-18)15-17-9-12-24-13-10-17/h5-8,17-18,20H,2-4,9-15H2,1H3. The van der Waals surface area contributed by atoms with Crippen LogP contribution in [0.25, 0.3) is 0 Å². The van der Waals surface area contributed by atoms with Gasteiger partial charge in [-0.15, -0.1) is 0 Å². The third kappa shape index (κ3) is 4.61. The van der Waals surface area contributed by atoms with E-state index in [0.29, 0.717) is 17.4 Å². The van der Waals surface area contributed by atoms with Gasteiger partial charge in [0.2, 0.25) is 10.0 Å². The van der Waals surface area contributed by atoms with Crippen LogP contribution in [-0.4, -0.2) is 51.6 Å². The summed E-state index contributed by atoms with van der Waals surface area (Å²) in [5.41, 5.74) is 1.16. The zero-order valence-electron chi connectivity index (χ0n) is 15.1. The van der Waals surface area contributed by atoms with E-state index in [1.54, 1.807) is 16.4 Å². The molecule has 140 valence electrons. The van der Waals surface area contributed by atoms with Gasteiger partial charge in [-0.2, -0.15) is 4.31 Å². The van der Waals surface area contributed by atoms with Gasteiger partial charge in [0.05, 0.1) is 4.90 Å². The summed E-state index contributed by atoms with van der Waals surface area (Å²) in [4.78, 5) is 0.419. The molecule has 0 aliphatic carbocycles. The second-order valence-corrected chi connectivity index (χ2v) is 9.02. The number of ether oxygens (including phenoxy) is 1. The summed E-state index contributed by atoms with van der Waals surface area (Å²) in [5, 5.41) is 3.36. The molecule has 0 saturated carbocycles. The van der Waals surface area contributed by atoms with Crippen molar-refractivity contribution in [1.29, 1.82) is 0 Å². The maximum Gasteiger partial charge on any atom is 0.243 e. The summed E-state index contributed by atoms with van der Waals surface area (Å²) >= 11 is 0. The SMILES string of the molecule is CCc1ccc(S(=O)(=O)N(CC2CCOCC2)C2CCCNC2)cc1. The molecular formula is C19H30N2O3S. The molecule has 0 aromatic heterocycles. The molecule has 2 fully saturated rings. The summed E-state index contributed by atoms with van der Waals surface area (Å²) in [6, 6.07) is 7.44. The molecule has 1 N–H and O–H groups in total. The van der Waals surface area contributed by atoms with Crippen molar-refractivity contribution in [3.05, 3.63) is 29.8 Å². The first-order valence-electron chi connectivity index (χ1n) is 9.50. The van der Waals surface area contributed by atoms with Gasteiger partial charge in [-0.05, 0) is 62.3 Å². The van der Waals surface area contributed by atoms with Crippen LogP contribution in [0.4, 0.5) is 0 Å². The van der Waals surface area contributed by atoms with Crippen LogP contribution in [0.15, 0.2) is 29.2 Å². The lowest BCUT2D eigenvalue weighted by Crippen LogP contribution is -2.50. The minimum atomic E-state index is -3.47. The van der Waals surface area contributed by atoms with E-state index in [0.717, 1.165) is 64.0 Å². The largest absolute Gasteiger partial charge is 0.381 e. The van der Waals surface area contributed by atoms with Crippen molar-refractivity contribution in [3.8, 4) is 0 Å². The Balaban J connectivity index is 1.84. The van der Waals surface area contributed by atoms with Gasteiger partial charge in [0.25, 0.3) is 0 Å². The Hall–Kier alpha value is -0.950. The summed E-state index contributed by atoms with van der Waals surface area (Å²) in [7, 11) is -3.47.